The van der Waals surface area contributed by atoms with E-state index >= 15 is 0 Å². The summed E-state index contributed by atoms with van der Waals surface area (Å²) in [6.07, 6.45) is -0.364. The minimum Gasteiger partial charge on any atom is -0.428 e. The van der Waals surface area contributed by atoms with E-state index < -0.39 is 23.8 Å². The molecule has 1 amide bonds. The Morgan fingerprint density at radius 1 is 1.35 bits per heavy atom. The van der Waals surface area contributed by atoms with Crippen LogP contribution in [-0.4, -0.2) is 41.6 Å². The maximum Gasteiger partial charge on any atom is 0.516 e. The largest absolute Gasteiger partial charge is 0.516 e. The van der Waals surface area contributed by atoms with Crippen LogP contribution in [0.1, 0.15) is 33.6 Å². The predicted molar refractivity (Wildman–Crippen MR) is 58.1 cm³/mol. The van der Waals surface area contributed by atoms with Crippen LogP contribution in [0.3, 0.4) is 0 Å². The Kier molecular flexibility index (Phi) is 3.75. The molecular weight excluding hydrogens is 226 g/mol. The van der Waals surface area contributed by atoms with Crippen LogP contribution in [0.15, 0.2) is 0 Å². The Hall–Kier alpha value is -1.59. The van der Waals surface area contributed by atoms with Gasteiger partial charge in [0.15, 0.2) is 0 Å². The van der Waals surface area contributed by atoms with Gasteiger partial charge >= 0.3 is 12.1 Å². The summed E-state index contributed by atoms with van der Waals surface area (Å²) in [6, 6.07) is -0.685. The van der Waals surface area contributed by atoms with Gasteiger partial charge in [-0.3, -0.25) is 4.79 Å². The fourth-order valence-electron chi connectivity index (χ4n) is 1.50. The van der Waals surface area contributed by atoms with E-state index in [9.17, 15) is 14.4 Å². The summed E-state index contributed by atoms with van der Waals surface area (Å²) < 4.78 is 9.38. The summed E-state index contributed by atoms with van der Waals surface area (Å²) in [7, 11) is 1.51. The quantitative estimate of drug-likeness (QED) is 0.509. The van der Waals surface area contributed by atoms with E-state index in [4.69, 9.17) is 4.74 Å². The first-order valence-corrected chi connectivity index (χ1v) is 5.41. The fourth-order valence-corrected chi connectivity index (χ4v) is 1.50. The van der Waals surface area contributed by atoms with Crippen LogP contribution in [0, 0.1) is 0 Å². The second kappa shape index (κ2) is 4.73. The summed E-state index contributed by atoms with van der Waals surface area (Å²) in [4.78, 5) is 35.3. The molecule has 6 heteroatoms. The second-order valence-electron chi connectivity index (χ2n) is 4.94. The molecule has 0 aromatic rings. The lowest BCUT2D eigenvalue weighted by Crippen LogP contribution is -2.38. The van der Waals surface area contributed by atoms with Crippen molar-refractivity contribution in [2.75, 3.05) is 7.05 Å². The molecule has 1 heterocycles. The molecule has 1 unspecified atom stereocenters. The average Bonchev–Trinajstić information content (AvgIpc) is 2.44. The topological polar surface area (TPSA) is 72.9 Å². The zero-order valence-corrected chi connectivity index (χ0v) is 10.5. The molecule has 0 saturated carbocycles. The van der Waals surface area contributed by atoms with Gasteiger partial charge in [0.1, 0.15) is 11.6 Å². The van der Waals surface area contributed by atoms with Gasteiger partial charge in [-0.2, -0.15) is 0 Å². The van der Waals surface area contributed by atoms with Crippen molar-refractivity contribution in [2.45, 2.75) is 45.3 Å². The van der Waals surface area contributed by atoms with Gasteiger partial charge < -0.3 is 14.4 Å². The molecule has 0 aromatic heterocycles. The Morgan fingerprint density at radius 3 is 2.35 bits per heavy atom. The summed E-state index contributed by atoms with van der Waals surface area (Å²) >= 11 is 0. The van der Waals surface area contributed by atoms with Crippen molar-refractivity contribution in [1.29, 1.82) is 0 Å². The van der Waals surface area contributed by atoms with Crippen molar-refractivity contribution in [2.24, 2.45) is 0 Å². The molecule has 17 heavy (non-hydrogen) atoms. The van der Waals surface area contributed by atoms with E-state index in [1.54, 1.807) is 20.8 Å². The van der Waals surface area contributed by atoms with E-state index in [-0.39, 0.29) is 5.91 Å². The highest BCUT2D eigenvalue weighted by Gasteiger charge is 2.36. The Morgan fingerprint density at radius 2 is 1.94 bits per heavy atom. The number of hydrogen-bond acceptors (Lipinski definition) is 5. The van der Waals surface area contributed by atoms with Crippen molar-refractivity contribution < 1.29 is 23.9 Å². The summed E-state index contributed by atoms with van der Waals surface area (Å²) in [6.45, 7) is 5.01. The maximum atomic E-state index is 11.6. The zero-order valence-electron chi connectivity index (χ0n) is 10.5. The first kappa shape index (κ1) is 13.5. The molecule has 1 atom stereocenters. The predicted octanol–water partition coefficient (Wildman–Crippen LogP) is 1.09. The summed E-state index contributed by atoms with van der Waals surface area (Å²) in [5.74, 6) is -0.872. The number of amides is 1. The number of rotatable bonds is 1. The highest BCUT2D eigenvalue weighted by atomic mass is 16.7. The minimum atomic E-state index is -1.03. The highest BCUT2D eigenvalue weighted by molar-refractivity contribution is 5.91. The van der Waals surface area contributed by atoms with Gasteiger partial charge in [0.25, 0.3) is 0 Å². The summed E-state index contributed by atoms with van der Waals surface area (Å²) in [5, 5.41) is 0. The van der Waals surface area contributed by atoms with Crippen molar-refractivity contribution >= 4 is 18.0 Å². The first-order chi connectivity index (χ1) is 7.70. The summed E-state index contributed by atoms with van der Waals surface area (Å²) in [5.41, 5.74) is -0.714. The number of likely N-dealkylation sites (N-methyl/N-ethyl adjacent to an activating group) is 1. The van der Waals surface area contributed by atoms with Gasteiger partial charge in [-0.05, 0) is 27.2 Å². The molecule has 0 bridgehead atoms. The number of carbonyl (C=O) groups is 3. The number of likely N-dealkylation sites (tertiary alicyclic amines) is 1. The molecule has 0 N–H and O–H groups in total. The van der Waals surface area contributed by atoms with Gasteiger partial charge in [0, 0.05) is 13.5 Å². The molecule has 0 spiro atoms. The van der Waals surface area contributed by atoms with Crippen LogP contribution < -0.4 is 0 Å². The zero-order chi connectivity index (χ0) is 13.2. The molecule has 1 saturated heterocycles. The molecule has 1 aliphatic heterocycles. The number of hydrogen-bond donors (Lipinski definition) is 0. The van der Waals surface area contributed by atoms with Crippen molar-refractivity contribution in [3.63, 3.8) is 0 Å². The lowest BCUT2D eigenvalue weighted by Gasteiger charge is -2.20. The minimum absolute atomic E-state index is 0.129. The van der Waals surface area contributed by atoms with Gasteiger partial charge in [-0.25, -0.2) is 9.59 Å². The van der Waals surface area contributed by atoms with Crippen molar-refractivity contribution in [3.05, 3.63) is 0 Å². The first-order valence-electron chi connectivity index (χ1n) is 5.41. The maximum absolute atomic E-state index is 11.6. The molecular formula is C11H17NO5. The smallest absolute Gasteiger partial charge is 0.428 e. The van der Waals surface area contributed by atoms with Crippen LogP contribution in [0.4, 0.5) is 4.79 Å². The van der Waals surface area contributed by atoms with Crippen molar-refractivity contribution in [3.8, 4) is 0 Å². The molecule has 0 aromatic carbocycles. The lowest BCUT2D eigenvalue weighted by atomic mass is 10.2. The Labute approximate surface area is 99.9 Å². The van der Waals surface area contributed by atoms with E-state index in [1.165, 1.54) is 11.9 Å². The second-order valence-corrected chi connectivity index (χ2v) is 4.94. The molecule has 1 rings (SSSR count). The molecule has 0 aliphatic carbocycles. The lowest BCUT2D eigenvalue weighted by molar-refractivity contribution is -0.149. The van der Waals surface area contributed by atoms with Crippen LogP contribution in [-0.2, 0) is 19.1 Å². The normalized spacial score (nSPS) is 20.4. The van der Waals surface area contributed by atoms with E-state index in [2.05, 4.69) is 4.74 Å². The number of esters is 1. The third-order valence-corrected chi connectivity index (χ3v) is 2.34. The van der Waals surface area contributed by atoms with Crippen LogP contribution in [0.25, 0.3) is 0 Å². The molecule has 6 nitrogen and oxygen atoms in total. The van der Waals surface area contributed by atoms with E-state index in [0.29, 0.717) is 12.8 Å². The van der Waals surface area contributed by atoms with Gasteiger partial charge in [-0.15, -0.1) is 0 Å². The fraction of sp³-hybridized carbons (Fsp3) is 0.727. The van der Waals surface area contributed by atoms with Crippen LogP contribution in [0.2, 0.25) is 0 Å². The molecule has 0 radical (unpaired) electrons. The van der Waals surface area contributed by atoms with Gasteiger partial charge in [0.05, 0.1) is 0 Å². The van der Waals surface area contributed by atoms with Crippen molar-refractivity contribution in [1.82, 2.24) is 4.90 Å². The SMILES string of the molecule is CN1C(=O)CCC1C(=O)OC(=O)OC(C)(C)C. The van der Waals surface area contributed by atoms with E-state index in [0.717, 1.165) is 0 Å². The Bertz CT molecular complexity index is 344. The average molecular weight is 243 g/mol. The molecule has 1 aliphatic rings. The third-order valence-electron chi connectivity index (χ3n) is 2.34. The number of nitrogens with zero attached hydrogens (tertiary/aromatic N) is 1. The third kappa shape index (κ3) is 3.72. The van der Waals surface area contributed by atoms with Gasteiger partial charge in [-0.1, -0.05) is 0 Å². The Balaban J connectivity index is 2.50. The van der Waals surface area contributed by atoms with Gasteiger partial charge in [0.2, 0.25) is 5.91 Å². The highest BCUT2D eigenvalue weighted by Crippen LogP contribution is 2.18. The molecule has 1 fully saturated rings. The van der Waals surface area contributed by atoms with Crippen LogP contribution >= 0.6 is 0 Å². The van der Waals surface area contributed by atoms with Crippen LogP contribution in [0.5, 0.6) is 0 Å². The monoisotopic (exact) mass is 243 g/mol. The number of carbonyl (C=O) groups excluding carboxylic acids is 3. The molecule has 96 valence electrons. The number of ether oxygens (including phenoxy) is 2. The van der Waals surface area contributed by atoms with E-state index in [1.807, 2.05) is 0 Å². The standard InChI is InChI=1S/C11H17NO5/c1-11(2,3)17-10(15)16-9(14)7-5-6-8(13)12(7)4/h7H,5-6H2,1-4H3.